The molecular weight excluding hydrogens is 888 g/mol. The molecular formula is C48H50F3N9O6S. The van der Waals surface area contributed by atoms with E-state index in [0.29, 0.717) is 47.1 Å². The fourth-order valence-corrected chi connectivity index (χ4v) is 11.5. The number of pyridine rings is 1. The standard InChI is InChI=1S/C48H50F3N9O6S/c1-28-24-58(19-18-57(28)25-29-12-15-56(16-13-29)35-6-7-36-32(20-35)26-60(48(36)64)41-10-11-42(61)54-47(41)63)34-4-2-30(3-5-34)31-21-37-38(23-53-46(37)52-22-31)45(62)43-39(50)8-9-40(44(43)51)55-67(65,66)59-17-14-33(49)27-59/h2-9,20-23,28-29,33,41,55H,10-19,24-27H2,1H3,(H,52,53)(H,54,61,63)/t28-,33+,41?/m0/s1. The molecule has 1 unspecified atom stereocenters. The van der Waals surface area contributed by atoms with Gasteiger partial charge in [0.25, 0.3) is 5.91 Å². The predicted molar refractivity (Wildman–Crippen MR) is 246 cm³/mol. The minimum Gasteiger partial charge on any atom is -0.372 e. The summed E-state index contributed by atoms with van der Waals surface area (Å²) in [4.78, 5) is 67.4. The second-order valence-corrected chi connectivity index (χ2v) is 20.0. The van der Waals surface area contributed by atoms with E-state index in [1.807, 2.05) is 29.0 Å². The highest BCUT2D eigenvalue weighted by Gasteiger charge is 2.40. The third-order valence-corrected chi connectivity index (χ3v) is 15.6. The Kier molecular flexibility index (Phi) is 11.8. The van der Waals surface area contributed by atoms with Crippen LogP contribution in [-0.2, 0) is 26.3 Å². The van der Waals surface area contributed by atoms with E-state index in [4.69, 9.17) is 0 Å². The third kappa shape index (κ3) is 8.63. The van der Waals surface area contributed by atoms with E-state index < -0.39 is 57.0 Å². The molecule has 3 amide bonds. The number of benzene rings is 3. The first-order chi connectivity index (χ1) is 32.2. The van der Waals surface area contributed by atoms with Gasteiger partial charge >= 0.3 is 10.2 Å². The number of carbonyl (C=O) groups is 4. The van der Waals surface area contributed by atoms with E-state index in [-0.39, 0.29) is 43.3 Å². The Morgan fingerprint density at radius 1 is 0.866 bits per heavy atom. The maximum Gasteiger partial charge on any atom is 0.301 e. The van der Waals surface area contributed by atoms with Crippen LogP contribution in [0.2, 0.25) is 0 Å². The van der Waals surface area contributed by atoms with Gasteiger partial charge in [0, 0.05) is 117 Å². The van der Waals surface area contributed by atoms with Crippen LogP contribution in [0, 0.1) is 17.6 Å². The molecule has 10 rings (SSSR count). The van der Waals surface area contributed by atoms with E-state index in [0.717, 1.165) is 91.0 Å². The zero-order chi connectivity index (χ0) is 46.7. The number of piperidine rings is 2. The van der Waals surface area contributed by atoms with Crippen molar-refractivity contribution in [2.45, 2.75) is 63.8 Å². The SMILES string of the molecule is C[C@H]1CN(c2ccc(-c3cnc4[nH]cc(C(=O)c5c(F)ccc(NS(=O)(=O)N6CC[C@@H](F)C6)c5F)c4c3)cc2)CCN1CC1CCN(c2ccc3c(c2)CN(C2CCC(=O)NC2=O)C3=O)CC1. The topological polar surface area (TPSA) is 171 Å². The summed E-state index contributed by atoms with van der Waals surface area (Å²) >= 11 is 0. The Balaban J connectivity index is 0.742. The summed E-state index contributed by atoms with van der Waals surface area (Å²) in [6.07, 6.45) is 4.30. The summed E-state index contributed by atoms with van der Waals surface area (Å²) in [5.74, 6) is -3.87. The summed E-state index contributed by atoms with van der Waals surface area (Å²) in [5.41, 5.74) is 3.91. The molecule has 67 heavy (non-hydrogen) atoms. The van der Waals surface area contributed by atoms with Crippen molar-refractivity contribution in [1.29, 1.82) is 0 Å². The van der Waals surface area contributed by atoms with Gasteiger partial charge in [0.2, 0.25) is 17.6 Å². The number of nitrogens with one attached hydrogen (secondary N) is 3. The second-order valence-electron chi connectivity index (χ2n) is 18.3. The van der Waals surface area contributed by atoms with Crippen molar-refractivity contribution in [3.05, 3.63) is 107 Å². The molecule has 3 aromatic carbocycles. The Labute approximate surface area is 385 Å². The number of anilines is 3. The van der Waals surface area contributed by atoms with Gasteiger partial charge in [-0.15, -0.1) is 0 Å². The van der Waals surface area contributed by atoms with Gasteiger partial charge in [-0.05, 0) is 98.2 Å². The fourth-order valence-electron chi connectivity index (χ4n) is 10.3. The molecule has 19 heteroatoms. The minimum absolute atomic E-state index is 0.00272. The first-order valence-electron chi connectivity index (χ1n) is 22.7. The number of halogens is 3. The van der Waals surface area contributed by atoms with Crippen LogP contribution < -0.4 is 19.8 Å². The highest BCUT2D eigenvalue weighted by molar-refractivity contribution is 7.90. The van der Waals surface area contributed by atoms with Crippen LogP contribution in [-0.4, -0.2) is 127 Å². The molecule has 5 aromatic rings. The molecule has 0 spiro atoms. The first-order valence-corrected chi connectivity index (χ1v) is 24.2. The Morgan fingerprint density at radius 2 is 1.64 bits per heavy atom. The van der Waals surface area contributed by atoms with Gasteiger partial charge in [-0.2, -0.15) is 12.7 Å². The molecule has 5 aliphatic rings. The van der Waals surface area contributed by atoms with E-state index >= 15 is 8.78 Å². The van der Waals surface area contributed by atoms with Gasteiger partial charge in [0.05, 0.1) is 11.3 Å². The van der Waals surface area contributed by atoms with E-state index in [9.17, 15) is 32.0 Å². The number of imide groups is 1. The van der Waals surface area contributed by atoms with Gasteiger partial charge in [-0.3, -0.25) is 34.1 Å². The monoisotopic (exact) mass is 937 g/mol. The summed E-state index contributed by atoms with van der Waals surface area (Å²) in [5, 5.41) is 2.70. The average Bonchev–Trinajstić information content (AvgIpc) is 4.05. The van der Waals surface area contributed by atoms with Gasteiger partial charge in [-0.1, -0.05) is 12.1 Å². The molecule has 7 heterocycles. The number of amides is 3. The van der Waals surface area contributed by atoms with Crippen molar-refractivity contribution < 1.29 is 40.8 Å². The second kappa shape index (κ2) is 17.7. The van der Waals surface area contributed by atoms with Crippen LogP contribution >= 0.6 is 0 Å². The minimum atomic E-state index is -4.36. The number of aromatic nitrogens is 2. The zero-order valence-corrected chi connectivity index (χ0v) is 37.6. The lowest BCUT2D eigenvalue weighted by Gasteiger charge is -2.43. The van der Waals surface area contributed by atoms with E-state index in [1.54, 1.807) is 17.2 Å². The molecule has 350 valence electrons. The molecule has 0 aliphatic carbocycles. The van der Waals surface area contributed by atoms with Crippen LogP contribution in [0.4, 0.5) is 30.2 Å². The average molecular weight is 938 g/mol. The van der Waals surface area contributed by atoms with Crippen LogP contribution in [0.3, 0.4) is 0 Å². The quantitative estimate of drug-likeness (QED) is 0.112. The molecule has 15 nitrogen and oxygen atoms in total. The summed E-state index contributed by atoms with van der Waals surface area (Å²) in [6.45, 7) is 7.63. The maximum absolute atomic E-state index is 15.8. The van der Waals surface area contributed by atoms with E-state index in [1.165, 1.54) is 6.20 Å². The summed E-state index contributed by atoms with van der Waals surface area (Å²) < 4.78 is 73.2. The number of aromatic amines is 1. The normalized spacial score (nSPS) is 22.2. The fraction of sp³-hybridized carbons (Fsp3) is 0.396. The number of fused-ring (bicyclic) bond motifs is 2. The first kappa shape index (κ1) is 44.5. The molecule has 4 fully saturated rings. The number of rotatable bonds is 11. The number of piperazine rings is 1. The molecule has 0 radical (unpaired) electrons. The lowest BCUT2D eigenvalue weighted by atomic mass is 9.94. The highest BCUT2D eigenvalue weighted by Crippen LogP contribution is 2.35. The van der Waals surface area contributed by atoms with E-state index in [2.05, 4.69) is 55.1 Å². The Morgan fingerprint density at radius 3 is 2.37 bits per heavy atom. The number of nitrogens with zero attached hydrogens (tertiary/aromatic N) is 6. The van der Waals surface area contributed by atoms with Gasteiger partial charge in [0.15, 0.2) is 5.82 Å². The van der Waals surface area contributed by atoms with Crippen molar-refractivity contribution in [3.63, 3.8) is 0 Å². The molecule has 0 bridgehead atoms. The van der Waals surface area contributed by atoms with Crippen molar-refractivity contribution in [2.24, 2.45) is 5.92 Å². The van der Waals surface area contributed by atoms with Crippen LogP contribution in [0.5, 0.6) is 0 Å². The van der Waals surface area contributed by atoms with Gasteiger partial charge in [-0.25, -0.2) is 18.2 Å². The maximum atomic E-state index is 15.8. The number of hydrogen-bond acceptors (Lipinski definition) is 10. The van der Waals surface area contributed by atoms with Gasteiger partial charge < -0.3 is 19.7 Å². The largest absolute Gasteiger partial charge is 0.372 e. The van der Waals surface area contributed by atoms with Crippen LogP contribution in [0.25, 0.3) is 22.2 Å². The summed E-state index contributed by atoms with van der Waals surface area (Å²) in [6, 6.07) is 17.1. The number of carbonyl (C=O) groups excluding carboxylic acids is 4. The van der Waals surface area contributed by atoms with Crippen molar-refractivity contribution in [3.8, 4) is 11.1 Å². The van der Waals surface area contributed by atoms with Crippen molar-refractivity contribution >= 4 is 61.8 Å². The molecule has 5 aliphatic heterocycles. The molecule has 3 N–H and O–H groups in total. The molecule has 2 aromatic heterocycles. The van der Waals surface area contributed by atoms with Gasteiger partial charge in [0.1, 0.15) is 23.7 Å². The Hall–Kier alpha value is -6.31. The smallest absolute Gasteiger partial charge is 0.301 e. The van der Waals surface area contributed by atoms with Crippen LogP contribution in [0.15, 0.2) is 73.1 Å². The zero-order valence-electron chi connectivity index (χ0n) is 36.8. The highest BCUT2D eigenvalue weighted by atomic mass is 32.2. The molecule has 4 saturated heterocycles. The van der Waals surface area contributed by atoms with Crippen molar-refractivity contribution in [2.75, 3.05) is 66.9 Å². The number of hydrogen-bond donors (Lipinski definition) is 3. The number of ketones is 1. The number of H-pyrrole nitrogens is 1. The van der Waals surface area contributed by atoms with Crippen molar-refractivity contribution in [1.82, 2.24) is 29.4 Å². The third-order valence-electron chi connectivity index (χ3n) is 14.1. The Bertz CT molecular complexity index is 2910. The molecule has 0 saturated carbocycles. The summed E-state index contributed by atoms with van der Waals surface area (Å²) in [7, 11) is -4.36. The van der Waals surface area contributed by atoms with Crippen LogP contribution in [0.1, 0.15) is 70.9 Å². The lowest BCUT2D eigenvalue weighted by molar-refractivity contribution is -0.136. The lowest BCUT2D eigenvalue weighted by Crippen LogP contribution is -2.53. The predicted octanol–water partition coefficient (Wildman–Crippen LogP) is 5.63. The molecule has 3 atom stereocenters. The number of alkyl halides is 1.